The van der Waals surface area contributed by atoms with Gasteiger partial charge in [0.1, 0.15) is 0 Å². The van der Waals surface area contributed by atoms with E-state index in [1.807, 2.05) is 48.5 Å². The van der Waals surface area contributed by atoms with Gasteiger partial charge < -0.3 is 5.32 Å². The zero-order chi connectivity index (χ0) is 20.9. The van der Waals surface area contributed by atoms with Crippen molar-refractivity contribution in [1.29, 1.82) is 0 Å². The van der Waals surface area contributed by atoms with Crippen molar-refractivity contribution in [2.45, 2.75) is 17.7 Å². The Labute approximate surface area is 185 Å². The lowest BCUT2D eigenvalue weighted by Crippen LogP contribution is -2.13. The van der Waals surface area contributed by atoms with Crippen LogP contribution in [0.3, 0.4) is 0 Å². The fourth-order valence-corrected chi connectivity index (χ4v) is 4.99. The second-order valence-electron chi connectivity index (χ2n) is 6.20. The third kappa shape index (κ3) is 5.02. The summed E-state index contributed by atoms with van der Waals surface area (Å²) >= 11 is 3.82. The lowest BCUT2D eigenvalue weighted by Gasteiger charge is -2.05. The van der Waals surface area contributed by atoms with Crippen LogP contribution in [0.25, 0.3) is 10.2 Å². The molecule has 10 heteroatoms. The van der Waals surface area contributed by atoms with Crippen LogP contribution in [-0.4, -0.2) is 32.7 Å². The predicted octanol–water partition coefficient (Wildman–Crippen LogP) is 4.69. The Kier molecular flexibility index (Phi) is 6.36. The number of hydrogen-bond acceptors (Lipinski definition) is 8. The summed E-state index contributed by atoms with van der Waals surface area (Å²) in [6, 6.07) is 15.4. The van der Waals surface area contributed by atoms with Crippen LogP contribution in [0.15, 0.2) is 52.9 Å². The number of thiazole rings is 1. The summed E-state index contributed by atoms with van der Waals surface area (Å²) in [6.45, 7) is 2.09. The van der Waals surface area contributed by atoms with Crippen molar-refractivity contribution < 1.29 is 9.59 Å². The summed E-state index contributed by atoms with van der Waals surface area (Å²) in [6.07, 6.45) is 0.957. The van der Waals surface area contributed by atoms with Crippen LogP contribution >= 0.6 is 34.4 Å². The minimum absolute atomic E-state index is 0.125. The van der Waals surface area contributed by atoms with Crippen LogP contribution < -0.4 is 10.6 Å². The first-order valence-electron chi connectivity index (χ1n) is 9.12. The molecular formula is C20H17N5O2S3. The zero-order valence-electron chi connectivity index (χ0n) is 15.9. The van der Waals surface area contributed by atoms with Gasteiger partial charge in [-0.25, -0.2) is 4.98 Å². The molecule has 0 radical (unpaired) electrons. The summed E-state index contributed by atoms with van der Waals surface area (Å²) in [5, 5.41) is 14.3. The molecule has 4 rings (SSSR count). The molecule has 2 aromatic heterocycles. The maximum Gasteiger partial charge on any atom is 0.286 e. The number of carbonyl (C=O) groups excluding carboxylic acids is 2. The molecule has 4 aromatic rings. The third-order valence-corrected chi connectivity index (χ3v) is 7.09. The Balaban J connectivity index is 1.30. The van der Waals surface area contributed by atoms with Crippen LogP contribution in [0.4, 0.5) is 10.8 Å². The van der Waals surface area contributed by atoms with Crippen LogP contribution in [0, 0.1) is 0 Å². The van der Waals surface area contributed by atoms with E-state index in [0.29, 0.717) is 14.5 Å². The van der Waals surface area contributed by atoms with E-state index in [1.165, 1.54) is 40.0 Å². The van der Waals surface area contributed by atoms with Gasteiger partial charge in [0, 0.05) is 5.69 Å². The van der Waals surface area contributed by atoms with Gasteiger partial charge >= 0.3 is 0 Å². The molecule has 0 aliphatic heterocycles. The Morgan fingerprint density at radius 2 is 1.80 bits per heavy atom. The number of amides is 2. The van der Waals surface area contributed by atoms with E-state index >= 15 is 0 Å². The molecule has 0 aliphatic carbocycles. The van der Waals surface area contributed by atoms with Gasteiger partial charge in [0.2, 0.25) is 11.0 Å². The summed E-state index contributed by atoms with van der Waals surface area (Å²) in [4.78, 5) is 28.9. The van der Waals surface area contributed by atoms with E-state index in [0.717, 1.165) is 22.3 Å². The van der Waals surface area contributed by atoms with Gasteiger partial charge in [0.15, 0.2) is 9.35 Å². The fraction of sp³-hybridized carbons (Fsp3) is 0.150. The zero-order valence-corrected chi connectivity index (χ0v) is 18.4. The quantitative estimate of drug-likeness (QED) is 0.310. The molecule has 0 bridgehead atoms. The van der Waals surface area contributed by atoms with E-state index in [4.69, 9.17) is 0 Å². The number of anilines is 2. The van der Waals surface area contributed by atoms with Crippen LogP contribution in [0.5, 0.6) is 0 Å². The molecular weight excluding hydrogens is 438 g/mol. The highest BCUT2D eigenvalue weighted by atomic mass is 32.2. The smallest absolute Gasteiger partial charge is 0.286 e. The van der Waals surface area contributed by atoms with E-state index in [9.17, 15) is 9.59 Å². The van der Waals surface area contributed by atoms with Crippen molar-refractivity contribution in [3.8, 4) is 0 Å². The van der Waals surface area contributed by atoms with Gasteiger partial charge in [0.25, 0.3) is 5.91 Å². The molecule has 0 fully saturated rings. The lowest BCUT2D eigenvalue weighted by molar-refractivity contribution is -0.113. The average Bonchev–Trinajstić information content (AvgIpc) is 3.39. The Morgan fingerprint density at radius 1 is 1.00 bits per heavy atom. The van der Waals surface area contributed by atoms with Crippen molar-refractivity contribution >= 4 is 67.3 Å². The molecule has 2 aromatic carbocycles. The molecule has 0 aliphatic rings. The topological polar surface area (TPSA) is 96.9 Å². The molecule has 0 saturated heterocycles. The maximum absolute atomic E-state index is 12.4. The monoisotopic (exact) mass is 455 g/mol. The molecule has 0 unspecified atom stereocenters. The SMILES string of the molecule is CCc1ccc(NC(=O)CSc2nnc(NC(=O)c3nc4ccccc4s3)s2)cc1. The highest BCUT2D eigenvalue weighted by molar-refractivity contribution is 8.01. The number of fused-ring (bicyclic) bond motifs is 1. The highest BCUT2D eigenvalue weighted by Gasteiger charge is 2.15. The minimum Gasteiger partial charge on any atom is -0.325 e. The van der Waals surface area contributed by atoms with E-state index in [2.05, 4.69) is 32.7 Å². The molecule has 152 valence electrons. The van der Waals surface area contributed by atoms with Gasteiger partial charge in [0.05, 0.1) is 16.0 Å². The lowest BCUT2D eigenvalue weighted by atomic mass is 10.1. The number of aromatic nitrogens is 3. The molecule has 30 heavy (non-hydrogen) atoms. The van der Waals surface area contributed by atoms with Gasteiger partial charge in [-0.05, 0) is 36.2 Å². The Hall–Kier alpha value is -2.82. The normalized spacial score (nSPS) is 10.8. The molecule has 2 amide bonds. The number of carbonyl (C=O) groups is 2. The maximum atomic E-state index is 12.4. The number of rotatable bonds is 7. The summed E-state index contributed by atoms with van der Waals surface area (Å²) in [5.41, 5.74) is 2.77. The summed E-state index contributed by atoms with van der Waals surface area (Å²) in [7, 11) is 0. The number of thioether (sulfide) groups is 1. The first-order chi connectivity index (χ1) is 14.6. The Bertz CT molecular complexity index is 1150. The minimum atomic E-state index is -0.322. The summed E-state index contributed by atoms with van der Waals surface area (Å²) < 4.78 is 1.55. The van der Waals surface area contributed by atoms with Crippen molar-refractivity contribution in [1.82, 2.24) is 15.2 Å². The summed E-state index contributed by atoms with van der Waals surface area (Å²) in [5.74, 6) is -0.243. The fourth-order valence-electron chi connectivity index (χ4n) is 2.59. The van der Waals surface area contributed by atoms with Gasteiger partial charge in [-0.2, -0.15) is 0 Å². The second kappa shape index (κ2) is 9.33. The molecule has 2 heterocycles. The highest BCUT2D eigenvalue weighted by Crippen LogP contribution is 2.27. The number of benzene rings is 2. The average molecular weight is 456 g/mol. The van der Waals surface area contributed by atoms with E-state index in [1.54, 1.807) is 0 Å². The van der Waals surface area contributed by atoms with E-state index < -0.39 is 0 Å². The number of aryl methyl sites for hydroxylation is 1. The van der Waals surface area contributed by atoms with E-state index in [-0.39, 0.29) is 17.6 Å². The van der Waals surface area contributed by atoms with Gasteiger partial charge in [-0.3, -0.25) is 14.9 Å². The van der Waals surface area contributed by atoms with Crippen LogP contribution in [0.1, 0.15) is 22.3 Å². The number of nitrogens with one attached hydrogen (secondary N) is 2. The number of hydrogen-bond donors (Lipinski definition) is 2. The number of para-hydroxylation sites is 1. The van der Waals surface area contributed by atoms with Crippen molar-refractivity contribution in [3.63, 3.8) is 0 Å². The third-order valence-electron chi connectivity index (χ3n) is 4.09. The van der Waals surface area contributed by atoms with Gasteiger partial charge in [-0.15, -0.1) is 21.5 Å². The van der Waals surface area contributed by atoms with Crippen LogP contribution in [-0.2, 0) is 11.2 Å². The van der Waals surface area contributed by atoms with Crippen molar-refractivity contribution in [2.75, 3.05) is 16.4 Å². The van der Waals surface area contributed by atoms with Crippen molar-refractivity contribution in [2.24, 2.45) is 0 Å². The second-order valence-corrected chi connectivity index (χ2v) is 9.43. The molecule has 0 atom stereocenters. The largest absolute Gasteiger partial charge is 0.325 e. The molecule has 0 saturated carbocycles. The predicted molar refractivity (Wildman–Crippen MR) is 123 cm³/mol. The Morgan fingerprint density at radius 3 is 2.57 bits per heavy atom. The standard InChI is InChI=1S/C20H17N5O2S3/c1-2-12-7-9-13(10-8-12)21-16(26)11-28-20-25-24-19(30-20)23-17(27)18-22-14-5-3-4-6-15(14)29-18/h3-10H,2,11H2,1H3,(H,21,26)(H,23,24,27). The molecule has 2 N–H and O–H groups in total. The number of nitrogens with zero attached hydrogens (tertiary/aromatic N) is 3. The van der Waals surface area contributed by atoms with Gasteiger partial charge in [-0.1, -0.05) is 54.3 Å². The molecule has 0 spiro atoms. The van der Waals surface area contributed by atoms with Crippen LogP contribution in [0.2, 0.25) is 0 Å². The first-order valence-corrected chi connectivity index (χ1v) is 11.7. The van der Waals surface area contributed by atoms with Crippen molar-refractivity contribution in [3.05, 3.63) is 59.1 Å². The first kappa shape index (κ1) is 20.5. The molecule has 7 nitrogen and oxygen atoms in total.